The molecule has 0 bridgehead atoms. The van der Waals surface area contributed by atoms with Crippen molar-refractivity contribution < 1.29 is 14.8 Å². The zero-order valence-electron chi connectivity index (χ0n) is 11.8. The maximum atomic E-state index is 12.7. The number of nitro benzene ring substituents is 1. The van der Waals surface area contributed by atoms with E-state index in [0.29, 0.717) is 0 Å². The third-order valence-corrected chi connectivity index (χ3v) is 4.47. The lowest BCUT2D eigenvalue weighted by Crippen LogP contribution is -2.45. The highest BCUT2D eigenvalue weighted by atomic mass is 32.2. The van der Waals surface area contributed by atoms with Crippen molar-refractivity contribution in [3.05, 3.63) is 33.9 Å². The lowest BCUT2D eigenvalue weighted by molar-refractivity contribution is -0.385. The molecule has 0 heterocycles. The number of benzene rings is 1. The van der Waals surface area contributed by atoms with Gasteiger partial charge in [0.05, 0.1) is 11.5 Å². The minimum atomic E-state index is -0.533. The number of carbonyl (C=O) groups is 1. The molecular formula is C14H18N2O4S. The van der Waals surface area contributed by atoms with Gasteiger partial charge in [0, 0.05) is 23.5 Å². The number of nitro groups is 1. The molecule has 1 N–H and O–H groups in total. The van der Waals surface area contributed by atoms with E-state index in [1.165, 1.54) is 17.8 Å². The zero-order valence-corrected chi connectivity index (χ0v) is 12.6. The van der Waals surface area contributed by atoms with Gasteiger partial charge in [-0.15, -0.1) is 11.8 Å². The predicted molar refractivity (Wildman–Crippen MR) is 80.6 cm³/mol. The number of amides is 1. The summed E-state index contributed by atoms with van der Waals surface area (Å²) in [5.74, 6) is -0.364. The molecule has 2 rings (SSSR count). The summed E-state index contributed by atoms with van der Waals surface area (Å²) in [5.41, 5.74) is -0.0766. The van der Waals surface area contributed by atoms with Gasteiger partial charge in [0.2, 0.25) is 0 Å². The largest absolute Gasteiger partial charge is 0.395 e. The summed E-state index contributed by atoms with van der Waals surface area (Å²) < 4.78 is 0. The molecule has 114 valence electrons. The molecule has 1 amide bonds. The van der Waals surface area contributed by atoms with Crippen molar-refractivity contribution in [3.8, 4) is 0 Å². The Morgan fingerprint density at radius 1 is 1.52 bits per heavy atom. The highest BCUT2D eigenvalue weighted by Crippen LogP contribution is 2.30. The van der Waals surface area contributed by atoms with Crippen LogP contribution in [0.25, 0.3) is 0 Å². The van der Waals surface area contributed by atoms with Crippen LogP contribution < -0.4 is 0 Å². The Morgan fingerprint density at radius 2 is 2.24 bits per heavy atom. The van der Waals surface area contributed by atoms with Gasteiger partial charge in [0.25, 0.3) is 11.6 Å². The van der Waals surface area contributed by atoms with Crippen LogP contribution in [0.3, 0.4) is 0 Å². The van der Waals surface area contributed by atoms with E-state index in [4.69, 9.17) is 5.11 Å². The Morgan fingerprint density at radius 3 is 2.71 bits per heavy atom. The molecule has 1 aromatic rings. The van der Waals surface area contributed by atoms with Gasteiger partial charge < -0.3 is 10.0 Å². The van der Waals surface area contributed by atoms with Crippen LogP contribution >= 0.6 is 11.8 Å². The zero-order chi connectivity index (χ0) is 15.4. The summed E-state index contributed by atoms with van der Waals surface area (Å²) in [5, 5.41) is 20.3. The first-order chi connectivity index (χ1) is 10.1. The summed E-state index contributed by atoms with van der Waals surface area (Å²) in [6.45, 7) is 0.0718. The predicted octanol–water partition coefficient (Wildman–Crippen LogP) is 2.30. The first-order valence-electron chi connectivity index (χ1n) is 6.82. The van der Waals surface area contributed by atoms with Gasteiger partial charge in [-0.1, -0.05) is 0 Å². The first kappa shape index (κ1) is 15.8. The number of rotatable bonds is 6. The van der Waals surface area contributed by atoms with Crippen molar-refractivity contribution in [2.24, 2.45) is 0 Å². The average Bonchev–Trinajstić information content (AvgIpc) is 2.43. The number of aliphatic hydroxyl groups is 1. The first-order valence-corrected chi connectivity index (χ1v) is 8.05. The fourth-order valence-electron chi connectivity index (χ4n) is 2.38. The van der Waals surface area contributed by atoms with Gasteiger partial charge in [-0.2, -0.15) is 0 Å². The Bertz CT molecular complexity index is 546. The molecule has 0 aromatic heterocycles. The molecule has 6 nitrogen and oxygen atoms in total. The molecule has 7 heteroatoms. The van der Waals surface area contributed by atoms with Crippen LogP contribution in [0.15, 0.2) is 23.1 Å². The van der Waals surface area contributed by atoms with Crippen LogP contribution in [0.2, 0.25) is 0 Å². The van der Waals surface area contributed by atoms with Crippen molar-refractivity contribution in [2.45, 2.75) is 30.2 Å². The molecule has 1 aliphatic rings. The highest BCUT2D eigenvalue weighted by molar-refractivity contribution is 7.98. The van der Waals surface area contributed by atoms with Crippen LogP contribution in [0.4, 0.5) is 5.69 Å². The summed E-state index contributed by atoms with van der Waals surface area (Å²) >= 11 is 1.43. The number of hydrogen-bond acceptors (Lipinski definition) is 5. The maximum absolute atomic E-state index is 12.7. The summed E-state index contributed by atoms with van der Waals surface area (Å²) in [6.07, 6.45) is 4.68. The van der Waals surface area contributed by atoms with E-state index in [9.17, 15) is 14.9 Å². The molecule has 0 saturated heterocycles. The van der Waals surface area contributed by atoms with Crippen molar-refractivity contribution >= 4 is 23.4 Å². The minimum Gasteiger partial charge on any atom is -0.395 e. The maximum Gasteiger partial charge on any atom is 0.282 e. The molecule has 0 atom stereocenters. The minimum absolute atomic E-state index is 0.0854. The molecular weight excluding hydrogens is 292 g/mol. The Labute approximate surface area is 127 Å². The number of thioether (sulfide) groups is 1. The Hall–Kier alpha value is -1.60. The van der Waals surface area contributed by atoms with Crippen molar-refractivity contribution in [1.29, 1.82) is 0 Å². The van der Waals surface area contributed by atoms with E-state index >= 15 is 0 Å². The van der Waals surface area contributed by atoms with Crippen molar-refractivity contribution in [2.75, 3.05) is 19.4 Å². The average molecular weight is 310 g/mol. The van der Waals surface area contributed by atoms with Gasteiger partial charge in [0.15, 0.2) is 0 Å². The molecule has 0 spiro atoms. The van der Waals surface area contributed by atoms with E-state index in [1.54, 1.807) is 17.0 Å². The van der Waals surface area contributed by atoms with Crippen molar-refractivity contribution in [3.63, 3.8) is 0 Å². The second kappa shape index (κ2) is 6.91. The van der Waals surface area contributed by atoms with Crippen molar-refractivity contribution in [1.82, 2.24) is 4.90 Å². The number of hydrogen-bond donors (Lipinski definition) is 1. The van der Waals surface area contributed by atoms with E-state index in [2.05, 4.69) is 0 Å². The molecule has 1 aliphatic carbocycles. The number of carbonyl (C=O) groups excluding carboxylic acids is 1. The molecule has 0 radical (unpaired) electrons. The monoisotopic (exact) mass is 310 g/mol. The molecule has 1 aromatic carbocycles. The molecule has 0 unspecified atom stereocenters. The standard InChI is InChI=1S/C14H18N2O4S/c1-21-11-5-6-13(16(19)20)12(9-11)14(18)15(7-8-17)10-3-2-4-10/h5-6,9-10,17H,2-4,7-8H2,1H3. The number of aliphatic hydroxyl groups excluding tert-OH is 1. The topological polar surface area (TPSA) is 83.7 Å². The van der Waals surface area contributed by atoms with Gasteiger partial charge in [-0.3, -0.25) is 14.9 Å². The normalized spacial score (nSPS) is 14.6. The Kier molecular flexibility index (Phi) is 5.19. The second-order valence-corrected chi connectivity index (χ2v) is 5.83. The molecule has 21 heavy (non-hydrogen) atoms. The lowest BCUT2D eigenvalue weighted by Gasteiger charge is -2.37. The summed E-state index contributed by atoms with van der Waals surface area (Å²) in [4.78, 5) is 25.6. The van der Waals surface area contributed by atoms with Gasteiger partial charge in [0.1, 0.15) is 5.56 Å². The molecule has 0 aliphatic heterocycles. The van der Waals surface area contributed by atoms with Crippen LogP contribution in [0, 0.1) is 10.1 Å². The SMILES string of the molecule is CSc1ccc([N+](=O)[O-])c(C(=O)N(CCO)C2CCC2)c1. The Balaban J connectivity index is 2.36. The third kappa shape index (κ3) is 3.36. The van der Waals surface area contributed by atoms with Crippen LogP contribution in [0.1, 0.15) is 29.6 Å². The second-order valence-electron chi connectivity index (χ2n) is 4.95. The smallest absolute Gasteiger partial charge is 0.282 e. The van der Waals surface area contributed by atoms with Gasteiger partial charge in [-0.25, -0.2) is 0 Å². The van der Waals surface area contributed by atoms with E-state index in [-0.39, 0.29) is 36.4 Å². The third-order valence-electron chi connectivity index (χ3n) is 3.75. The van der Waals surface area contributed by atoms with Gasteiger partial charge >= 0.3 is 0 Å². The summed E-state index contributed by atoms with van der Waals surface area (Å²) in [6, 6.07) is 4.66. The van der Waals surface area contributed by atoms with E-state index in [1.807, 2.05) is 6.26 Å². The van der Waals surface area contributed by atoms with E-state index < -0.39 is 4.92 Å². The number of nitrogens with zero attached hydrogens (tertiary/aromatic N) is 2. The van der Waals surface area contributed by atoms with Crippen LogP contribution in [-0.2, 0) is 0 Å². The fourth-order valence-corrected chi connectivity index (χ4v) is 2.82. The molecule has 1 saturated carbocycles. The molecule has 1 fully saturated rings. The lowest BCUT2D eigenvalue weighted by atomic mass is 9.91. The quantitative estimate of drug-likeness (QED) is 0.495. The summed E-state index contributed by atoms with van der Waals surface area (Å²) in [7, 11) is 0. The van der Waals surface area contributed by atoms with Crippen LogP contribution in [-0.4, -0.2) is 46.3 Å². The highest BCUT2D eigenvalue weighted by Gasteiger charge is 2.32. The van der Waals surface area contributed by atoms with E-state index in [0.717, 1.165) is 24.2 Å². The van der Waals surface area contributed by atoms with Crippen LogP contribution in [0.5, 0.6) is 0 Å². The van der Waals surface area contributed by atoms with Gasteiger partial charge in [-0.05, 0) is 37.7 Å². The fraction of sp³-hybridized carbons (Fsp3) is 0.500.